The minimum Gasteiger partial charge on any atom is -0.491 e. The standard InChI is InChI=1S/C11H17N3O3/c12-11(14-5-6-15)9-1-3-10(4-2-9)16-7-8-17-13/h1-4,15H,5-8,13H2,(H2,12,14). The van der Waals surface area contributed by atoms with Gasteiger partial charge in [0.2, 0.25) is 0 Å². The molecule has 17 heavy (non-hydrogen) atoms. The van der Waals surface area contributed by atoms with Crippen LogP contribution in [0.4, 0.5) is 0 Å². The maximum Gasteiger partial charge on any atom is 0.125 e. The van der Waals surface area contributed by atoms with Crippen LogP contribution in [0.5, 0.6) is 5.75 Å². The second-order valence-electron chi connectivity index (χ2n) is 3.23. The molecule has 1 aromatic rings. The quantitative estimate of drug-likeness (QED) is 0.261. The number of aliphatic hydroxyl groups excluding tert-OH is 1. The lowest BCUT2D eigenvalue weighted by molar-refractivity contribution is 0.102. The summed E-state index contributed by atoms with van der Waals surface area (Å²) in [5.74, 6) is 5.98. The summed E-state index contributed by atoms with van der Waals surface area (Å²) < 4.78 is 5.34. The van der Waals surface area contributed by atoms with Gasteiger partial charge in [0.15, 0.2) is 0 Å². The highest BCUT2D eigenvalue weighted by Gasteiger charge is 1.99. The molecule has 6 heteroatoms. The lowest BCUT2D eigenvalue weighted by Gasteiger charge is -2.06. The van der Waals surface area contributed by atoms with Gasteiger partial charge in [-0.2, -0.15) is 0 Å². The minimum atomic E-state index is -0.0129. The average Bonchev–Trinajstić information content (AvgIpc) is 2.37. The Kier molecular flexibility index (Phi) is 6.02. The summed E-state index contributed by atoms with van der Waals surface area (Å²) in [7, 11) is 0. The highest BCUT2D eigenvalue weighted by Crippen LogP contribution is 2.11. The third kappa shape index (κ3) is 4.81. The van der Waals surface area contributed by atoms with E-state index in [4.69, 9.17) is 21.5 Å². The van der Waals surface area contributed by atoms with E-state index < -0.39 is 0 Å². The molecule has 0 radical (unpaired) electrons. The first-order valence-corrected chi connectivity index (χ1v) is 5.23. The number of benzene rings is 1. The summed E-state index contributed by atoms with van der Waals surface area (Å²) in [5, 5.41) is 8.62. The Hall–Kier alpha value is -1.63. The molecule has 0 aliphatic rings. The molecule has 0 aromatic heterocycles. The van der Waals surface area contributed by atoms with Crippen LogP contribution in [0.25, 0.3) is 0 Å². The highest BCUT2D eigenvalue weighted by molar-refractivity contribution is 5.97. The van der Waals surface area contributed by atoms with Gasteiger partial charge < -0.3 is 20.4 Å². The summed E-state index contributed by atoms with van der Waals surface area (Å²) in [6.45, 7) is 1.02. The van der Waals surface area contributed by atoms with Crippen LogP contribution in [0.15, 0.2) is 29.3 Å². The maximum atomic E-state index is 8.62. The molecule has 0 fully saturated rings. The zero-order valence-electron chi connectivity index (χ0n) is 9.50. The van der Waals surface area contributed by atoms with E-state index in [-0.39, 0.29) is 6.61 Å². The molecule has 0 saturated heterocycles. The number of aliphatic hydroxyl groups is 1. The number of nitrogens with zero attached hydrogens (tertiary/aromatic N) is 1. The molecular weight excluding hydrogens is 222 g/mol. The largest absolute Gasteiger partial charge is 0.491 e. The smallest absolute Gasteiger partial charge is 0.125 e. The molecule has 0 aliphatic carbocycles. The first kappa shape index (κ1) is 13.4. The van der Waals surface area contributed by atoms with Crippen LogP contribution in [-0.4, -0.2) is 37.3 Å². The van der Waals surface area contributed by atoms with E-state index in [1.165, 1.54) is 0 Å². The van der Waals surface area contributed by atoms with Crippen molar-refractivity contribution < 1.29 is 14.7 Å². The maximum absolute atomic E-state index is 8.62. The second-order valence-corrected chi connectivity index (χ2v) is 3.23. The lowest BCUT2D eigenvalue weighted by Crippen LogP contribution is -2.14. The van der Waals surface area contributed by atoms with Crippen LogP contribution in [0, 0.1) is 0 Å². The summed E-state index contributed by atoms with van der Waals surface area (Å²) in [6.07, 6.45) is 0. The molecule has 0 unspecified atom stereocenters. The Labute approximate surface area is 99.8 Å². The van der Waals surface area contributed by atoms with Crippen LogP contribution in [0.3, 0.4) is 0 Å². The van der Waals surface area contributed by atoms with Gasteiger partial charge in [-0.1, -0.05) is 0 Å². The van der Waals surface area contributed by atoms with E-state index >= 15 is 0 Å². The lowest BCUT2D eigenvalue weighted by atomic mass is 10.2. The van der Waals surface area contributed by atoms with Gasteiger partial charge in [0.05, 0.1) is 13.2 Å². The fraction of sp³-hybridized carbons (Fsp3) is 0.364. The molecule has 5 N–H and O–H groups in total. The fourth-order valence-electron chi connectivity index (χ4n) is 1.19. The molecular formula is C11H17N3O3. The van der Waals surface area contributed by atoms with E-state index in [2.05, 4.69) is 9.83 Å². The van der Waals surface area contributed by atoms with Gasteiger partial charge in [-0.3, -0.25) is 4.99 Å². The second kappa shape index (κ2) is 7.61. The van der Waals surface area contributed by atoms with Gasteiger partial charge in [0.25, 0.3) is 0 Å². The van der Waals surface area contributed by atoms with Gasteiger partial charge in [-0.15, -0.1) is 0 Å². The predicted molar refractivity (Wildman–Crippen MR) is 64.8 cm³/mol. The Morgan fingerprint density at radius 1 is 1.24 bits per heavy atom. The van der Waals surface area contributed by atoms with Crippen LogP contribution in [-0.2, 0) is 4.84 Å². The van der Waals surface area contributed by atoms with Crippen molar-refractivity contribution in [3.8, 4) is 5.75 Å². The average molecular weight is 239 g/mol. The molecule has 0 atom stereocenters. The molecule has 0 saturated carbocycles. The van der Waals surface area contributed by atoms with Crippen LogP contribution in [0.2, 0.25) is 0 Å². The SMILES string of the molecule is NOCCOc1ccc(C(N)=NCCO)cc1. The van der Waals surface area contributed by atoms with E-state index in [0.717, 1.165) is 5.56 Å². The van der Waals surface area contributed by atoms with Gasteiger partial charge in [0.1, 0.15) is 24.8 Å². The molecule has 94 valence electrons. The first-order chi connectivity index (χ1) is 8.27. The Bertz CT molecular complexity index is 351. The third-order valence-corrected chi connectivity index (χ3v) is 2.00. The van der Waals surface area contributed by atoms with E-state index in [1.54, 1.807) is 24.3 Å². The van der Waals surface area contributed by atoms with Crippen LogP contribution >= 0.6 is 0 Å². The summed E-state index contributed by atoms with van der Waals surface area (Å²) >= 11 is 0. The van der Waals surface area contributed by atoms with Crippen molar-refractivity contribution in [2.75, 3.05) is 26.4 Å². The monoisotopic (exact) mass is 239 g/mol. The summed E-state index contributed by atoms with van der Waals surface area (Å²) in [6, 6.07) is 7.17. The van der Waals surface area contributed by atoms with Gasteiger partial charge in [-0.05, 0) is 24.3 Å². The molecule has 0 heterocycles. The normalized spacial score (nSPS) is 11.5. The topological polar surface area (TPSA) is 103 Å². The number of nitrogens with two attached hydrogens (primary N) is 2. The molecule has 1 rings (SSSR count). The van der Waals surface area contributed by atoms with E-state index in [1.807, 2.05) is 0 Å². The minimum absolute atomic E-state index is 0.0129. The summed E-state index contributed by atoms with van der Waals surface area (Å²) in [5.41, 5.74) is 6.51. The van der Waals surface area contributed by atoms with E-state index in [9.17, 15) is 0 Å². The highest BCUT2D eigenvalue weighted by atomic mass is 16.6. The Morgan fingerprint density at radius 3 is 2.53 bits per heavy atom. The Balaban J connectivity index is 2.55. The van der Waals surface area contributed by atoms with Gasteiger partial charge in [0, 0.05) is 5.56 Å². The summed E-state index contributed by atoms with van der Waals surface area (Å²) in [4.78, 5) is 8.37. The van der Waals surface area contributed by atoms with Crippen molar-refractivity contribution in [2.24, 2.45) is 16.6 Å². The van der Waals surface area contributed by atoms with Crippen molar-refractivity contribution in [3.05, 3.63) is 29.8 Å². The van der Waals surface area contributed by atoms with Crippen molar-refractivity contribution >= 4 is 5.84 Å². The fourth-order valence-corrected chi connectivity index (χ4v) is 1.19. The zero-order valence-corrected chi connectivity index (χ0v) is 9.50. The molecule has 0 bridgehead atoms. The number of ether oxygens (including phenoxy) is 1. The predicted octanol–water partition coefficient (Wildman–Crippen LogP) is -0.347. The number of aliphatic imine (C=N–C) groups is 1. The van der Waals surface area contributed by atoms with Crippen LogP contribution in [0.1, 0.15) is 5.56 Å². The number of hydrogen-bond donors (Lipinski definition) is 3. The molecule has 0 spiro atoms. The van der Waals surface area contributed by atoms with E-state index in [0.29, 0.717) is 31.3 Å². The molecule has 1 aromatic carbocycles. The van der Waals surface area contributed by atoms with Gasteiger partial charge in [-0.25, -0.2) is 5.90 Å². The van der Waals surface area contributed by atoms with Crippen molar-refractivity contribution in [1.82, 2.24) is 0 Å². The third-order valence-electron chi connectivity index (χ3n) is 2.00. The van der Waals surface area contributed by atoms with Gasteiger partial charge >= 0.3 is 0 Å². The number of amidine groups is 1. The number of rotatable bonds is 7. The van der Waals surface area contributed by atoms with Crippen molar-refractivity contribution in [3.63, 3.8) is 0 Å². The van der Waals surface area contributed by atoms with Crippen LogP contribution < -0.4 is 16.4 Å². The zero-order chi connectivity index (χ0) is 12.5. The molecule has 0 amide bonds. The van der Waals surface area contributed by atoms with Crippen molar-refractivity contribution in [2.45, 2.75) is 0 Å². The molecule has 6 nitrogen and oxygen atoms in total. The number of hydrogen-bond acceptors (Lipinski definition) is 5. The first-order valence-electron chi connectivity index (χ1n) is 5.23. The Morgan fingerprint density at radius 2 is 1.94 bits per heavy atom. The molecule has 0 aliphatic heterocycles. The van der Waals surface area contributed by atoms with Crippen molar-refractivity contribution in [1.29, 1.82) is 0 Å².